The minimum absolute atomic E-state index is 0.150. The maximum atomic E-state index is 5.69. The smallest absolute Gasteiger partial charge is 0.195 e. The average Bonchev–Trinajstić information content (AvgIpc) is 2.35. The highest BCUT2D eigenvalue weighted by atomic mass is 32.1. The molecular weight excluding hydrogens is 270 g/mol. The fourth-order valence-electron chi connectivity index (χ4n) is 1.71. The van der Waals surface area contributed by atoms with E-state index >= 15 is 0 Å². The van der Waals surface area contributed by atoms with Gasteiger partial charge in [-0.15, -0.1) is 0 Å². The first-order valence-electron chi connectivity index (χ1n) is 6.77. The molecule has 4 N–H and O–H groups in total. The number of nitrogens with two attached hydrogens (primary N) is 1. The molecule has 5 nitrogen and oxygen atoms in total. The molecule has 20 heavy (non-hydrogen) atoms. The molecule has 0 atom stereocenters. The molecular formula is C14H23N5S. The van der Waals surface area contributed by atoms with E-state index in [0.29, 0.717) is 11.1 Å². The molecule has 1 rings (SSSR count). The monoisotopic (exact) mass is 293 g/mol. The molecule has 0 bridgehead atoms. The Morgan fingerprint density at radius 3 is 2.90 bits per heavy atom. The van der Waals surface area contributed by atoms with Crippen LogP contribution in [0.2, 0.25) is 0 Å². The van der Waals surface area contributed by atoms with Gasteiger partial charge in [-0.25, -0.2) is 0 Å². The van der Waals surface area contributed by atoms with Crippen LogP contribution in [-0.2, 0) is 6.42 Å². The van der Waals surface area contributed by atoms with Crippen LogP contribution in [0.5, 0.6) is 0 Å². The quantitative estimate of drug-likeness (QED) is 0.332. The van der Waals surface area contributed by atoms with Gasteiger partial charge in [-0.3, -0.25) is 9.98 Å². The molecule has 110 valence electrons. The number of hydrogen-bond acceptors (Lipinski definition) is 3. The molecule has 0 aromatic carbocycles. The van der Waals surface area contributed by atoms with Gasteiger partial charge in [-0.05, 0) is 57.5 Å². The molecule has 0 spiro atoms. The van der Waals surface area contributed by atoms with E-state index in [-0.39, 0.29) is 6.04 Å². The van der Waals surface area contributed by atoms with Crippen LogP contribution in [-0.4, -0.2) is 28.6 Å². The third-order valence-corrected chi connectivity index (χ3v) is 2.88. The molecule has 0 saturated carbocycles. The van der Waals surface area contributed by atoms with Crippen molar-refractivity contribution in [1.29, 1.82) is 0 Å². The van der Waals surface area contributed by atoms with Gasteiger partial charge in [0.1, 0.15) is 0 Å². The number of aliphatic imine (C=N–C) groups is 1. The van der Waals surface area contributed by atoms with E-state index in [1.165, 1.54) is 5.56 Å². The van der Waals surface area contributed by atoms with E-state index < -0.39 is 0 Å². The molecule has 0 aliphatic heterocycles. The minimum Gasteiger partial charge on any atom is -0.370 e. The summed E-state index contributed by atoms with van der Waals surface area (Å²) in [5.74, 6) is 0.345. The molecule has 1 aromatic rings. The summed E-state index contributed by atoms with van der Waals surface area (Å²) in [5.41, 5.74) is 8.05. The fraction of sp³-hybridized carbons (Fsp3) is 0.500. The summed E-state index contributed by atoms with van der Waals surface area (Å²) in [6, 6.07) is 4.18. The van der Waals surface area contributed by atoms with Gasteiger partial charge in [0, 0.05) is 24.5 Å². The van der Waals surface area contributed by atoms with E-state index in [2.05, 4.69) is 33.6 Å². The van der Waals surface area contributed by atoms with Crippen molar-refractivity contribution in [3.05, 3.63) is 29.6 Å². The lowest BCUT2D eigenvalue weighted by Crippen LogP contribution is -2.43. The third kappa shape index (κ3) is 6.47. The SMILES string of the molecule is Cc1cccnc1CCCNC(=S)NC(N)=NC(C)C. The number of aromatic nitrogens is 1. The zero-order chi connectivity index (χ0) is 15.0. The van der Waals surface area contributed by atoms with E-state index in [9.17, 15) is 0 Å². The zero-order valence-electron chi connectivity index (χ0n) is 12.3. The predicted molar refractivity (Wildman–Crippen MR) is 87.8 cm³/mol. The molecule has 0 radical (unpaired) electrons. The number of rotatable bonds is 5. The van der Waals surface area contributed by atoms with Crippen molar-refractivity contribution >= 4 is 23.3 Å². The Hall–Kier alpha value is -1.69. The summed E-state index contributed by atoms with van der Waals surface area (Å²) < 4.78 is 0. The topological polar surface area (TPSA) is 75.3 Å². The molecule has 0 fully saturated rings. The molecule has 0 saturated heterocycles. The number of nitrogens with one attached hydrogen (secondary N) is 2. The molecule has 1 heterocycles. The largest absolute Gasteiger partial charge is 0.370 e. The lowest BCUT2D eigenvalue weighted by Gasteiger charge is -2.10. The van der Waals surface area contributed by atoms with Gasteiger partial charge in [0.25, 0.3) is 0 Å². The Morgan fingerprint density at radius 2 is 2.25 bits per heavy atom. The Labute approximate surface area is 126 Å². The Balaban J connectivity index is 2.24. The van der Waals surface area contributed by atoms with Crippen molar-refractivity contribution in [2.45, 2.75) is 39.7 Å². The van der Waals surface area contributed by atoms with Crippen LogP contribution in [0.25, 0.3) is 0 Å². The number of guanidine groups is 1. The third-order valence-electron chi connectivity index (χ3n) is 2.63. The minimum atomic E-state index is 0.150. The van der Waals surface area contributed by atoms with Crippen LogP contribution in [0.1, 0.15) is 31.5 Å². The van der Waals surface area contributed by atoms with E-state index in [4.69, 9.17) is 18.0 Å². The number of aryl methyl sites for hydroxylation is 2. The summed E-state index contributed by atoms with van der Waals surface area (Å²) in [4.78, 5) is 8.51. The summed E-state index contributed by atoms with van der Waals surface area (Å²) in [6.07, 6.45) is 3.71. The van der Waals surface area contributed by atoms with Crippen LogP contribution in [0.15, 0.2) is 23.3 Å². The second-order valence-corrected chi connectivity index (χ2v) is 5.27. The summed E-state index contributed by atoms with van der Waals surface area (Å²) in [7, 11) is 0. The van der Waals surface area contributed by atoms with Crippen molar-refractivity contribution in [3.63, 3.8) is 0 Å². The highest BCUT2D eigenvalue weighted by molar-refractivity contribution is 7.80. The van der Waals surface area contributed by atoms with Gasteiger partial charge in [-0.1, -0.05) is 6.07 Å². The Morgan fingerprint density at radius 1 is 1.50 bits per heavy atom. The fourth-order valence-corrected chi connectivity index (χ4v) is 1.92. The van der Waals surface area contributed by atoms with Gasteiger partial charge in [0.05, 0.1) is 0 Å². The predicted octanol–water partition coefficient (Wildman–Crippen LogP) is 1.51. The number of hydrogen-bond donors (Lipinski definition) is 3. The van der Waals surface area contributed by atoms with Crippen molar-refractivity contribution in [1.82, 2.24) is 15.6 Å². The molecule has 0 unspecified atom stereocenters. The normalized spacial score (nSPS) is 11.5. The highest BCUT2D eigenvalue weighted by Crippen LogP contribution is 2.05. The number of nitrogens with zero attached hydrogens (tertiary/aromatic N) is 2. The molecule has 0 aliphatic carbocycles. The average molecular weight is 293 g/mol. The lowest BCUT2D eigenvalue weighted by molar-refractivity contribution is 0.752. The second kappa shape index (κ2) is 8.47. The summed E-state index contributed by atoms with van der Waals surface area (Å²) in [6.45, 7) is 6.77. The van der Waals surface area contributed by atoms with Crippen molar-refractivity contribution in [2.75, 3.05) is 6.54 Å². The Bertz CT molecular complexity index is 470. The second-order valence-electron chi connectivity index (χ2n) is 4.86. The maximum absolute atomic E-state index is 5.69. The van der Waals surface area contributed by atoms with Gasteiger partial charge in [0.2, 0.25) is 0 Å². The Kier molecular flexibility index (Phi) is 6.93. The summed E-state index contributed by atoms with van der Waals surface area (Å²) >= 11 is 5.14. The molecule has 0 amide bonds. The van der Waals surface area contributed by atoms with Crippen molar-refractivity contribution < 1.29 is 0 Å². The molecule has 6 heteroatoms. The van der Waals surface area contributed by atoms with Crippen molar-refractivity contribution in [3.8, 4) is 0 Å². The summed E-state index contributed by atoms with van der Waals surface area (Å²) in [5, 5.41) is 6.47. The van der Waals surface area contributed by atoms with Crippen LogP contribution < -0.4 is 16.4 Å². The first kappa shape index (κ1) is 16.4. The maximum Gasteiger partial charge on any atom is 0.195 e. The van der Waals surface area contributed by atoms with Crippen LogP contribution in [0.4, 0.5) is 0 Å². The van der Waals surface area contributed by atoms with Gasteiger partial charge in [0.15, 0.2) is 11.1 Å². The molecule has 0 aliphatic rings. The van der Waals surface area contributed by atoms with Gasteiger partial charge in [-0.2, -0.15) is 0 Å². The van der Waals surface area contributed by atoms with Crippen molar-refractivity contribution in [2.24, 2.45) is 10.7 Å². The highest BCUT2D eigenvalue weighted by Gasteiger charge is 2.01. The molecule has 1 aromatic heterocycles. The lowest BCUT2D eigenvalue weighted by atomic mass is 10.1. The number of pyridine rings is 1. The first-order valence-corrected chi connectivity index (χ1v) is 7.18. The van der Waals surface area contributed by atoms with Gasteiger partial charge < -0.3 is 16.4 Å². The first-order chi connectivity index (χ1) is 9.49. The van der Waals surface area contributed by atoms with Crippen LogP contribution in [0, 0.1) is 6.92 Å². The van der Waals surface area contributed by atoms with Gasteiger partial charge >= 0.3 is 0 Å². The van der Waals surface area contributed by atoms with Crippen LogP contribution >= 0.6 is 12.2 Å². The van der Waals surface area contributed by atoms with E-state index in [0.717, 1.165) is 25.1 Å². The standard InChI is InChI=1S/C14H23N5S/c1-10(2)18-13(15)19-14(20)17-9-5-7-12-11(3)6-4-8-16-12/h4,6,8,10H,5,7,9H2,1-3H3,(H4,15,17,18,19,20). The van der Waals surface area contributed by atoms with E-state index in [1.807, 2.05) is 26.1 Å². The van der Waals surface area contributed by atoms with Crippen LogP contribution in [0.3, 0.4) is 0 Å². The zero-order valence-corrected chi connectivity index (χ0v) is 13.1. The van der Waals surface area contributed by atoms with E-state index in [1.54, 1.807) is 0 Å². The number of thiocarbonyl (C=S) groups is 1.